The molecule has 9 aromatic carbocycles. The van der Waals surface area contributed by atoms with E-state index in [1.54, 1.807) is 0 Å². The Morgan fingerprint density at radius 3 is 1.41 bits per heavy atom. The fourth-order valence-corrected chi connectivity index (χ4v) is 19.9. The predicted molar refractivity (Wildman–Crippen MR) is 263 cm³/mol. The molecule has 0 saturated carbocycles. The summed E-state index contributed by atoms with van der Waals surface area (Å²) in [4.78, 5) is 16.2. The van der Waals surface area contributed by atoms with Crippen LogP contribution in [0.15, 0.2) is 237 Å². The van der Waals surface area contributed by atoms with Gasteiger partial charge in [0.2, 0.25) is 0 Å². The van der Waals surface area contributed by atoms with Gasteiger partial charge >= 0.3 is 333 Å². The number of nitrogens with zero attached hydrogens (tertiary/aromatic N) is 5. The van der Waals surface area contributed by atoms with Gasteiger partial charge < -0.3 is 0 Å². The Labute approximate surface area is 367 Å². The minimum absolute atomic E-state index is 0.571. The van der Waals surface area contributed by atoms with Crippen LogP contribution in [0.25, 0.3) is 78.0 Å². The zero-order valence-corrected chi connectivity index (χ0v) is 36.4. The fraction of sp³-hybridized carbons (Fsp3) is 0. The molecular weight excluding hydrogens is 827 g/mol. The van der Waals surface area contributed by atoms with Gasteiger partial charge in [-0.3, -0.25) is 0 Å². The molecule has 0 aliphatic carbocycles. The molecule has 63 heavy (non-hydrogen) atoms. The molecule has 3 aromatic heterocycles. The van der Waals surface area contributed by atoms with Gasteiger partial charge in [0.25, 0.3) is 0 Å². The van der Waals surface area contributed by atoms with Crippen molar-refractivity contribution in [3.05, 3.63) is 237 Å². The molecule has 0 atom stereocenters. The van der Waals surface area contributed by atoms with Crippen LogP contribution in [0.5, 0.6) is 0 Å². The Balaban J connectivity index is 1.16. The fourth-order valence-electron chi connectivity index (χ4n) is 9.84. The van der Waals surface area contributed by atoms with Crippen molar-refractivity contribution in [2.45, 2.75) is 0 Å². The van der Waals surface area contributed by atoms with E-state index in [9.17, 15) is 0 Å². The average molecular weight is 867 g/mol. The summed E-state index contributed by atoms with van der Waals surface area (Å²) in [5.74, 6) is 1.81. The predicted octanol–water partition coefficient (Wildman–Crippen LogP) is 10.8. The van der Waals surface area contributed by atoms with Crippen LogP contribution in [-0.2, 0) is 0 Å². The van der Waals surface area contributed by atoms with Gasteiger partial charge in [-0.05, 0) is 12.1 Å². The van der Waals surface area contributed by atoms with Crippen molar-refractivity contribution in [2.24, 2.45) is 0 Å². The van der Waals surface area contributed by atoms with Gasteiger partial charge in [0.1, 0.15) is 0 Å². The van der Waals surface area contributed by atoms with Crippen molar-refractivity contribution in [1.82, 2.24) is 24.1 Å². The Morgan fingerprint density at radius 2 is 0.794 bits per heavy atom. The van der Waals surface area contributed by atoms with Crippen molar-refractivity contribution in [3.8, 4) is 34.4 Å². The molecular formula is C57H39GeN5. The van der Waals surface area contributed by atoms with Gasteiger partial charge in [0.05, 0.1) is 0 Å². The zero-order valence-electron chi connectivity index (χ0n) is 34.3. The molecule has 5 nitrogen and oxygen atoms in total. The molecule has 296 valence electrons. The van der Waals surface area contributed by atoms with E-state index < -0.39 is 13.3 Å². The van der Waals surface area contributed by atoms with E-state index in [1.165, 1.54) is 23.0 Å². The molecule has 0 unspecified atom stereocenters. The molecule has 0 N–H and O–H groups in total. The third-order valence-electron chi connectivity index (χ3n) is 12.5. The van der Waals surface area contributed by atoms with E-state index in [1.807, 2.05) is 18.2 Å². The number of hydrogen-bond donors (Lipinski definition) is 0. The first-order valence-corrected chi connectivity index (χ1v) is 25.6. The Kier molecular flexibility index (Phi) is 8.94. The Bertz CT molecular complexity index is 3510. The van der Waals surface area contributed by atoms with Crippen molar-refractivity contribution in [1.29, 1.82) is 0 Å². The number of rotatable bonds is 8. The van der Waals surface area contributed by atoms with Gasteiger partial charge in [0.15, 0.2) is 0 Å². The maximum atomic E-state index is 5.52. The molecule has 0 fully saturated rings. The summed E-state index contributed by atoms with van der Waals surface area (Å²) in [6, 6.07) is 85.1. The van der Waals surface area contributed by atoms with Crippen LogP contribution in [0.3, 0.4) is 0 Å². The van der Waals surface area contributed by atoms with Crippen LogP contribution in [0, 0.1) is 0 Å². The van der Waals surface area contributed by atoms with Crippen LogP contribution in [-0.4, -0.2) is 37.4 Å². The van der Waals surface area contributed by atoms with E-state index in [2.05, 4.69) is 228 Å². The number of fused-ring (bicyclic) bond motifs is 7. The summed E-state index contributed by atoms with van der Waals surface area (Å²) in [6.45, 7) is 0. The maximum absolute atomic E-state index is 5.52. The van der Waals surface area contributed by atoms with Crippen LogP contribution >= 0.6 is 0 Å². The van der Waals surface area contributed by atoms with Crippen LogP contribution in [0.1, 0.15) is 0 Å². The number of para-hydroxylation sites is 3. The molecule has 6 heteroatoms. The molecule has 3 heterocycles. The molecule has 0 bridgehead atoms. The summed E-state index contributed by atoms with van der Waals surface area (Å²) in [6.07, 6.45) is 0. The van der Waals surface area contributed by atoms with Gasteiger partial charge in [-0.25, -0.2) is 0 Å². The first-order chi connectivity index (χ1) is 31.3. The summed E-state index contributed by atoms with van der Waals surface area (Å²) in [5, 5.41) is 4.61. The van der Waals surface area contributed by atoms with E-state index in [0.717, 1.165) is 55.0 Å². The van der Waals surface area contributed by atoms with Gasteiger partial charge in [-0.15, -0.1) is 0 Å². The van der Waals surface area contributed by atoms with Crippen molar-refractivity contribution >= 4 is 74.5 Å². The van der Waals surface area contributed by atoms with Crippen molar-refractivity contribution in [3.63, 3.8) is 0 Å². The van der Waals surface area contributed by atoms with E-state index in [4.69, 9.17) is 15.0 Å². The van der Waals surface area contributed by atoms with Crippen LogP contribution in [0.2, 0.25) is 0 Å². The first kappa shape index (κ1) is 36.9. The van der Waals surface area contributed by atoms with Crippen molar-refractivity contribution < 1.29 is 0 Å². The molecule has 12 rings (SSSR count). The van der Waals surface area contributed by atoms with Gasteiger partial charge in [0, 0.05) is 0 Å². The third-order valence-corrected chi connectivity index (χ3v) is 22.5. The first-order valence-electron chi connectivity index (χ1n) is 21.4. The second kappa shape index (κ2) is 15.2. The zero-order chi connectivity index (χ0) is 41.7. The Morgan fingerprint density at radius 1 is 0.317 bits per heavy atom. The molecule has 12 aromatic rings. The van der Waals surface area contributed by atoms with E-state index in [0.29, 0.717) is 17.6 Å². The third kappa shape index (κ3) is 5.96. The Hall–Kier alpha value is -7.87. The molecule has 0 spiro atoms. The quantitative estimate of drug-likeness (QED) is 0.143. The number of aromatic nitrogens is 5. The van der Waals surface area contributed by atoms with Gasteiger partial charge in [-0.1, -0.05) is 24.3 Å². The molecule has 0 saturated heterocycles. The van der Waals surface area contributed by atoms with Gasteiger partial charge in [-0.2, -0.15) is 0 Å². The summed E-state index contributed by atoms with van der Waals surface area (Å²) >= 11 is -3.61. The second-order valence-corrected chi connectivity index (χ2v) is 24.0. The minimum atomic E-state index is -3.61. The molecule has 0 amide bonds. The van der Waals surface area contributed by atoms with Crippen molar-refractivity contribution in [2.75, 3.05) is 0 Å². The summed E-state index contributed by atoms with van der Waals surface area (Å²) in [5.41, 5.74) is 7.35. The number of benzene rings is 9. The standard InChI is InChI=1S/C57H39GeN5/c1-6-21-40(22-7-1)55-59-56(41-23-20-30-45(39-41)58(42-24-8-2-9-25-42,43-26-10-3-11-27-43)44-28-12-4-13-29-44)61-57(60-55)63-50-35-18-16-33-47(50)48-37-38-52-53(54(48)63)49-34-17-19-36-51(49)62(52)46-31-14-5-15-32-46/h1-39H. The molecule has 0 aliphatic heterocycles. The topological polar surface area (TPSA) is 48.5 Å². The van der Waals surface area contributed by atoms with Crippen LogP contribution < -0.4 is 17.6 Å². The average Bonchev–Trinajstić information content (AvgIpc) is 3.89. The number of hydrogen-bond acceptors (Lipinski definition) is 3. The molecule has 0 aliphatic rings. The summed E-state index contributed by atoms with van der Waals surface area (Å²) < 4.78 is 10.0. The van der Waals surface area contributed by atoms with E-state index >= 15 is 0 Å². The second-order valence-electron chi connectivity index (χ2n) is 16.0. The van der Waals surface area contributed by atoms with Crippen LogP contribution in [0.4, 0.5) is 0 Å². The molecule has 0 radical (unpaired) electrons. The summed E-state index contributed by atoms with van der Waals surface area (Å²) in [7, 11) is 0. The monoisotopic (exact) mass is 867 g/mol. The SMILES string of the molecule is c1ccc(-c2nc(-c3ccc[c]([Ge]([c]4ccccc4)([c]4ccccc4)[c]4ccccc4)c3)nc(-n3c4ccccc4c4ccc5c(c6ccccc6n5-c5ccccc5)c43)n2)cc1. The normalized spacial score (nSPS) is 11.8. The van der Waals surface area contributed by atoms with E-state index in [-0.39, 0.29) is 0 Å².